The van der Waals surface area contributed by atoms with Gasteiger partial charge >= 0.3 is 6.03 Å². The van der Waals surface area contributed by atoms with E-state index in [4.69, 9.17) is 4.98 Å². The maximum atomic E-state index is 12.4. The first-order valence-corrected chi connectivity index (χ1v) is 10.3. The first-order valence-electron chi connectivity index (χ1n) is 9.45. The van der Waals surface area contributed by atoms with Crippen molar-refractivity contribution in [3.8, 4) is 0 Å². The number of nitrogens with zero attached hydrogens (tertiary/aromatic N) is 2. The molecule has 146 valence electrons. The van der Waals surface area contributed by atoms with E-state index in [9.17, 15) is 9.59 Å². The minimum atomic E-state index is -0.441. The van der Waals surface area contributed by atoms with Crippen LogP contribution in [0.2, 0.25) is 0 Å². The molecular weight excluding hydrogens is 360 g/mol. The molecule has 2 aromatic rings. The number of amides is 3. The van der Waals surface area contributed by atoms with Crippen molar-refractivity contribution in [2.45, 2.75) is 58.0 Å². The lowest BCUT2D eigenvalue weighted by Gasteiger charge is -2.34. The Morgan fingerprint density at radius 2 is 1.89 bits per heavy atom. The fourth-order valence-electron chi connectivity index (χ4n) is 3.35. The summed E-state index contributed by atoms with van der Waals surface area (Å²) >= 11 is 1.77. The lowest BCUT2D eigenvalue weighted by atomic mass is 9.96. The fraction of sp³-hybridized carbons (Fsp3) is 0.550. The molecule has 1 atom stereocenters. The zero-order valence-electron chi connectivity index (χ0n) is 16.4. The third-order valence-corrected chi connectivity index (χ3v) is 6.04. The predicted molar refractivity (Wildman–Crippen MR) is 109 cm³/mol. The normalized spacial score (nSPS) is 17.6. The van der Waals surface area contributed by atoms with Crippen LogP contribution in [-0.2, 0) is 4.79 Å². The molecule has 1 saturated heterocycles. The van der Waals surface area contributed by atoms with Gasteiger partial charge < -0.3 is 5.32 Å². The van der Waals surface area contributed by atoms with Gasteiger partial charge in [0.25, 0.3) is 0 Å². The number of likely N-dealkylation sites (tertiary alicyclic amines) is 1. The van der Waals surface area contributed by atoms with Crippen LogP contribution in [0.4, 0.5) is 4.79 Å². The molecule has 2 N–H and O–H groups in total. The number of piperidine rings is 1. The van der Waals surface area contributed by atoms with Crippen molar-refractivity contribution in [2.24, 2.45) is 0 Å². The summed E-state index contributed by atoms with van der Waals surface area (Å²) in [6.45, 7) is 9.16. The van der Waals surface area contributed by atoms with Gasteiger partial charge in [-0.05, 0) is 65.8 Å². The molecule has 0 bridgehead atoms. The van der Waals surface area contributed by atoms with Crippen LogP contribution >= 0.6 is 11.3 Å². The number of carbonyl (C=O) groups excluding carboxylic acids is 2. The summed E-state index contributed by atoms with van der Waals surface area (Å²) < 4.78 is 1.23. The molecule has 0 spiro atoms. The van der Waals surface area contributed by atoms with Gasteiger partial charge in [0.1, 0.15) is 0 Å². The smallest absolute Gasteiger partial charge is 0.321 e. The minimum absolute atomic E-state index is 0.254. The summed E-state index contributed by atoms with van der Waals surface area (Å²) in [6.07, 6.45) is 1.96. The van der Waals surface area contributed by atoms with Gasteiger partial charge in [0.15, 0.2) is 0 Å². The number of fused-ring (bicyclic) bond motifs is 1. The van der Waals surface area contributed by atoms with Gasteiger partial charge in [-0.2, -0.15) is 0 Å². The summed E-state index contributed by atoms with van der Waals surface area (Å²) in [6, 6.07) is 7.46. The van der Waals surface area contributed by atoms with E-state index in [-0.39, 0.29) is 17.5 Å². The molecule has 0 unspecified atom stereocenters. The quantitative estimate of drug-likeness (QED) is 0.844. The lowest BCUT2D eigenvalue weighted by molar-refractivity contribution is -0.125. The number of carbonyl (C=O) groups is 2. The molecular formula is C20H28N4O2S. The third-order valence-electron chi connectivity index (χ3n) is 4.84. The number of nitrogens with one attached hydrogen (secondary N) is 2. The van der Waals surface area contributed by atoms with Crippen LogP contribution in [0.3, 0.4) is 0 Å². The Kier molecular flexibility index (Phi) is 5.81. The Hall–Kier alpha value is -1.99. The number of rotatable bonds is 3. The average Bonchev–Trinajstić information content (AvgIpc) is 3.03. The van der Waals surface area contributed by atoms with Crippen molar-refractivity contribution in [3.63, 3.8) is 0 Å². The zero-order chi connectivity index (χ0) is 19.6. The zero-order valence-corrected chi connectivity index (χ0v) is 17.2. The number of imide groups is 1. The maximum Gasteiger partial charge on any atom is 0.321 e. The van der Waals surface area contributed by atoms with Gasteiger partial charge in [-0.3, -0.25) is 15.0 Å². The van der Waals surface area contributed by atoms with Crippen molar-refractivity contribution in [1.82, 2.24) is 20.5 Å². The van der Waals surface area contributed by atoms with Crippen LogP contribution in [0.1, 0.15) is 51.5 Å². The van der Waals surface area contributed by atoms with Crippen LogP contribution in [0.5, 0.6) is 0 Å². The Bertz CT molecular complexity index is 786. The topological polar surface area (TPSA) is 74.3 Å². The molecule has 3 amide bonds. The van der Waals surface area contributed by atoms with Crippen molar-refractivity contribution >= 4 is 33.5 Å². The van der Waals surface area contributed by atoms with Crippen molar-refractivity contribution in [3.05, 3.63) is 29.3 Å². The molecule has 1 fully saturated rings. The number of hydrogen-bond acceptors (Lipinski definition) is 5. The number of hydrogen-bond donors (Lipinski definition) is 2. The monoisotopic (exact) mass is 388 g/mol. The molecule has 1 aromatic carbocycles. The van der Waals surface area contributed by atoms with Gasteiger partial charge in [-0.15, -0.1) is 11.3 Å². The second-order valence-electron chi connectivity index (χ2n) is 8.20. The van der Waals surface area contributed by atoms with Crippen molar-refractivity contribution in [1.29, 1.82) is 0 Å². The highest BCUT2D eigenvalue weighted by Gasteiger charge is 2.29. The number of aromatic nitrogens is 1. The Morgan fingerprint density at radius 1 is 1.22 bits per heavy atom. The highest BCUT2D eigenvalue weighted by atomic mass is 32.1. The van der Waals surface area contributed by atoms with Gasteiger partial charge in [0, 0.05) is 11.5 Å². The number of thiazole rings is 1. The van der Waals surface area contributed by atoms with Gasteiger partial charge in [0.05, 0.1) is 21.3 Å². The van der Waals surface area contributed by atoms with Crippen molar-refractivity contribution in [2.75, 3.05) is 13.1 Å². The first-order chi connectivity index (χ1) is 12.7. The Labute approximate surface area is 164 Å². The molecule has 3 rings (SSSR count). The molecule has 0 radical (unpaired) electrons. The molecule has 1 aliphatic rings. The van der Waals surface area contributed by atoms with Gasteiger partial charge in [0.2, 0.25) is 5.91 Å². The maximum absolute atomic E-state index is 12.4. The van der Waals surface area contributed by atoms with E-state index >= 15 is 0 Å². The molecule has 0 aliphatic carbocycles. The SMILES string of the molecule is C[C@@H](C(=O)NC(=O)NC(C)(C)C)N1CCC(c2nc3ccccc3s2)CC1. The fourth-order valence-corrected chi connectivity index (χ4v) is 4.49. The number of para-hydroxylation sites is 1. The summed E-state index contributed by atoms with van der Waals surface area (Å²) in [4.78, 5) is 31.2. The Morgan fingerprint density at radius 3 is 2.52 bits per heavy atom. The number of urea groups is 1. The Balaban J connectivity index is 1.53. The lowest BCUT2D eigenvalue weighted by Crippen LogP contribution is -2.54. The van der Waals surface area contributed by atoms with Gasteiger partial charge in [-0.1, -0.05) is 12.1 Å². The van der Waals surface area contributed by atoms with E-state index in [1.165, 1.54) is 9.71 Å². The summed E-state index contributed by atoms with van der Waals surface area (Å²) in [5.41, 5.74) is 0.695. The molecule has 0 saturated carbocycles. The minimum Gasteiger partial charge on any atom is -0.333 e. The molecule has 7 heteroatoms. The van der Waals surface area contributed by atoms with E-state index in [2.05, 4.69) is 27.7 Å². The standard InChI is InChI=1S/C20H28N4O2S/c1-13(17(25)22-19(26)23-20(2,3)4)24-11-9-14(10-12-24)18-21-15-7-5-6-8-16(15)27-18/h5-8,13-14H,9-12H2,1-4H3,(H2,22,23,25,26)/t13-/m0/s1. The van der Waals surface area contributed by atoms with E-state index in [1.54, 1.807) is 11.3 Å². The first kappa shape index (κ1) is 19.8. The van der Waals surface area contributed by atoms with Crippen LogP contribution in [0, 0.1) is 0 Å². The predicted octanol–water partition coefficient (Wildman–Crippen LogP) is 3.49. The van der Waals surface area contributed by atoms with Crippen LogP contribution < -0.4 is 10.6 Å². The van der Waals surface area contributed by atoms with Gasteiger partial charge in [-0.25, -0.2) is 9.78 Å². The molecule has 1 aliphatic heterocycles. The van der Waals surface area contributed by atoms with E-state index in [1.807, 2.05) is 39.8 Å². The van der Waals surface area contributed by atoms with Crippen LogP contribution in [0.15, 0.2) is 24.3 Å². The second kappa shape index (κ2) is 7.94. The molecule has 2 heterocycles. The highest BCUT2D eigenvalue weighted by molar-refractivity contribution is 7.18. The van der Waals surface area contributed by atoms with E-state index in [0.717, 1.165) is 31.4 Å². The third kappa shape index (κ3) is 5.05. The summed E-state index contributed by atoms with van der Waals surface area (Å²) in [5, 5.41) is 6.40. The average molecular weight is 389 g/mol. The molecule has 27 heavy (non-hydrogen) atoms. The van der Waals surface area contributed by atoms with E-state index in [0.29, 0.717) is 5.92 Å². The number of benzene rings is 1. The summed E-state index contributed by atoms with van der Waals surface area (Å²) in [5.74, 6) is 0.188. The highest BCUT2D eigenvalue weighted by Crippen LogP contribution is 2.34. The second-order valence-corrected chi connectivity index (χ2v) is 9.26. The largest absolute Gasteiger partial charge is 0.333 e. The molecule has 1 aromatic heterocycles. The van der Waals surface area contributed by atoms with Crippen molar-refractivity contribution < 1.29 is 9.59 Å². The summed E-state index contributed by atoms with van der Waals surface area (Å²) in [7, 11) is 0. The van der Waals surface area contributed by atoms with Crippen LogP contribution in [-0.4, -0.2) is 46.5 Å². The van der Waals surface area contributed by atoms with Crippen LogP contribution in [0.25, 0.3) is 10.2 Å². The van der Waals surface area contributed by atoms with E-state index < -0.39 is 6.03 Å². The molecule has 6 nitrogen and oxygen atoms in total.